The largest absolute Gasteiger partial charge is 0.325 e. The van der Waals surface area contributed by atoms with Gasteiger partial charge in [0.1, 0.15) is 0 Å². The van der Waals surface area contributed by atoms with Crippen molar-refractivity contribution in [3.63, 3.8) is 0 Å². The maximum absolute atomic E-state index is 12.1. The van der Waals surface area contributed by atoms with Crippen molar-refractivity contribution in [2.45, 2.75) is 31.4 Å². The molecular weight excluding hydrogens is 278 g/mol. The second-order valence-electron chi connectivity index (χ2n) is 5.14. The van der Waals surface area contributed by atoms with Gasteiger partial charge in [-0.15, -0.1) is 0 Å². The molecule has 0 aliphatic carbocycles. The highest BCUT2D eigenvalue weighted by molar-refractivity contribution is 7.81. The average molecular weight is 299 g/mol. The summed E-state index contributed by atoms with van der Waals surface area (Å²) in [5.74, 6) is -0.0644. The van der Waals surface area contributed by atoms with Gasteiger partial charge in [0, 0.05) is 5.69 Å². The molecule has 0 aromatic heterocycles. The third-order valence-electron chi connectivity index (χ3n) is 3.33. The maximum Gasteiger partial charge on any atom is 0.237 e. The van der Waals surface area contributed by atoms with Crippen molar-refractivity contribution < 1.29 is 4.79 Å². The van der Waals surface area contributed by atoms with Gasteiger partial charge in [-0.1, -0.05) is 55.8 Å². The number of aryl methyl sites for hydroxylation is 1. The van der Waals surface area contributed by atoms with E-state index in [1.165, 1.54) is 5.56 Å². The topological polar surface area (TPSA) is 29.1 Å². The van der Waals surface area contributed by atoms with E-state index in [1.807, 2.05) is 42.5 Å². The van der Waals surface area contributed by atoms with E-state index in [0.717, 1.165) is 24.1 Å². The summed E-state index contributed by atoms with van der Waals surface area (Å²) in [6, 6.07) is 18.0. The molecule has 0 fully saturated rings. The Kier molecular flexibility index (Phi) is 5.88. The van der Waals surface area contributed by atoms with Crippen molar-refractivity contribution in [3.8, 4) is 0 Å². The summed E-state index contributed by atoms with van der Waals surface area (Å²) in [7, 11) is 0. The zero-order valence-corrected chi connectivity index (χ0v) is 13.1. The van der Waals surface area contributed by atoms with Gasteiger partial charge in [-0.05, 0) is 36.1 Å². The van der Waals surface area contributed by atoms with Crippen molar-refractivity contribution in [1.29, 1.82) is 0 Å². The van der Waals surface area contributed by atoms with Crippen LogP contribution in [0, 0.1) is 0 Å². The molecule has 21 heavy (non-hydrogen) atoms. The Labute approximate surface area is 132 Å². The molecule has 0 aliphatic heterocycles. The Morgan fingerprint density at radius 1 is 1.05 bits per heavy atom. The van der Waals surface area contributed by atoms with Crippen molar-refractivity contribution in [2.75, 3.05) is 5.32 Å². The number of rotatable bonds is 6. The Morgan fingerprint density at radius 3 is 2.33 bits per heavy atom. The Morgan fingerprint density at radius 2 is 1.71 bits per heavy atom. The number of hydrogen-bond acceptors (Lipinski definition) is 2. The van der Waals surface area contributed by atoms with E-state index in [-0.39, 0.29) is 11.2 Å². The second kappa shape index (κ2) is 7.89. The molecule has 0 radical (unpaired) electrons. The van der Waals surface area contributed by atoms with Crippen LogP contribution in [0.5, 0.6) is 0 Å². The molecule has 0 bridgehead atoms. The summed E-state index contributed by atoms with van der Waals surface area (Å²) in [5.41, 5.74) is 3.24. The molecule has 1 unspecified atom stereocenters. The van der Waals surface area contributed by atoms with Gasteiger partial charge in [0.25, 0.3) is 0 Å². The van der Waals surface area contributed by atoms with Crippen molar-refractivity contribution >= 4 is 24.2 Å². The maximum atomic E-state index is 12.1. The molecule has 2 rings (SSSR count). The van der Waals surface area contributed by atoms with E-state index in [2.05, 4.69) is 37.0 Å². The quantitative estimate of drug-likeness (QED) is 0.772. The molecule has 1 N–H and O–H groups in total. The average Bonchev–Trinajstić information content (AvgIpc) is 2.50. The molecule has 1 atom stereocenters. The van der Waals surface area contributed by atoms with Gasteiger partial charge in [-0.3, -0.25) is 4.79 Å². The third kappa shape index (κ3) is 4.94. The van der Waals surface area contributed by atoms with Crippen LogP contribution in [0.2, 0.25) is 0 Å². The van der Waals surface area contributed by atoms with Crippen LogP contribution in [0.25, 0.3) is 0 Å². The van der Waals surface area contributed by atoms with Crippen LogP contribution in [0.1, 0.15) is 24.5 Å². The standard InChI is InChI=1S/C18H21NOS/c1-2-6-14-9-11-16(12-10-14)19-18(20)17(21)13-15-7-4-3-5-8-15/h3-5,7-12,17,21H,2,6,13H2,1H3,(H,19,20). The lowest BCUT2D eigenvalue weighted by Gasteiger charge is -2.12. The summed E-state index contributed by atoms with van der Waals surface area (Å²) in [6.45, 7) is 2.16. The number of thiol groups is 1. The van der Waals surface area contributed by atoms with Gasteiger partial charge in [0.15, 0.2) is 0 Å². The predicted octanol–water partition coefficient (Wildman–Crippen LogP) is 4.12. The molecule has 1 amide bonds. The molecule has 0 saturated carbocycles. The van der Waals surface area contributed by atoms with E-state index in [9.17, 15) is 4.79 Å². The molecule has 3 heteroatoms. The highest BCUT2D eigenvalue weighted by atomic mass is 32.1. The zero-order valence-electron chi connectivity index (χ0n) is 12.3. The first-order valence-electron chi connectivity index (χ1n) is 7.31. The minimum absolute atomic E-state index is 0.0644. The molecular formula is C18H21NOS. The number of hydrogen-bond donors (Lipinski definition) is 2. The van der Waals surface area contributed by atoms with Crippen LogP contribution in [-0.2, 0) is 17.6 Å². The first-order chi connectivity index (χ1) is 10.2. The molecule has 2 aromatic rings. The molecule has 0 saturated heterocycles. The van der Waals surface area contributed by atoms with Gasteiger partial charge < -0.3 is 5.32 Å². The molecule has 0 heterocycles. The van der Waals surface area contributed by atoms with E-state index in [0.29, 0.717) is 6.42 Å². The van der Waals surface area contributed by atoms with Gasteiger partial charge in [-0.25, -0.2) is 0 Å². The number of carbonyl (C=O) groups excluding carboxylic acids is 1. The summed E-state index contributed by atoms with van der Waals surface area (Å²) in [5, 5.41) is 2.57. The molecule has 0 spiro atoms. The summed E-state index contributed by atoms with van der Waals surface area (Å²) in [6.07, 6.45) is 2.82. The number of anilines is 1. The number of benzene rings is 2. The highest BCUT2D eigenvalue weighted by Gasteiger charge is 2.14. The molecule has 2 aromatic carbocycles. The molecule has 2 nitrogen and oxygen atoms in total. The first-order valence-corrected chi connectivity index (χ1v) is 7.82. The summed E-state index contributed by atoms with van der Waals surface area (Å²) < 4.78 is 0. The fourth-order valence-electron chi connectivity index (χ4n) is 2.20. The second-order valence-corrected chi connectivity index (χ2v) is 5.77. The zero-order chi connectivity index (χ0) is 15.1. The van der Waals surface area contributed by atoms with Crippen molar-refractivity contribution in [3.05, 3.63) is 65.7 Å². The Balaban J connectivity index is 1.91. The van der Waals surface area contributed by atoms with Crippen LogP contribution in [-0.4, -0.2) is 11.2 Å². The predicted molar refractivity (Wildman–Crippen MR) is 92.0 cm³/mol. The monoisotopic (exact) mass is 299 g/mol. The van der Waals surface area contributed by atoms with Crippen LogP contribution < -0.4 is 5.32 Å². The van der Waals surface area contributed by atoms with E-state index < -0.39 is 0 Å². The van der Waals surface area contributed by atoms with Gasteiger partial charge >= 0.3 is 0 Å². The number of carbonyl (C=O) groups is 1. The fourth-order valence-corrected chi connectivity index (χ4v) is 2.47. The molecule has 110 valence electrons. The van der Waals surface area contributed by atoms with E-state index >= 15 is 0 Å². The van der Waals surface area contributed by atoms with Crippen LogP contribution >= 0.6 is 12.6 Å². The minimum atomic E-state index is -0.345. The van der Waals surface area contributed by atoms with E-state index in [1.54, 1.807) is 0 Å². The Bertz CT molecular complexity index is 566. The Hall–Kier alpha value is -1.74. The number of nitrogens with one attached hydrogen (secondary N) is 1. The summed E-state index contributed by atoms with van der Waals surface area (Å²) in [4.78, 5) is 12.1. The van der Waals surface area contributed by atoms with Gasteiger partial charge in [0.05, 0.1) is 5.25 Å². The lowest BCUT2D eigenvalue weighted by atomic mass is 10.1. The third-order valence-corrected chi connectivity index (χ3v) is 3.75. The number of amides is 1. The van der Waals surface area contributed by atoms with Crippen molar-refractivity contribution in [2.24, 2.45) is 0 Å². The van der Waals surface area contributed by atoms with Crippen LogP contribution in [0.3, 0.4) is 0 Å². The first kappa shape index (κ1) is 15.6. The normalized spacial score (nSPS) is 11.9. The lowest BCUT2D eigenvalue weighted by Crippen LogP contribution is -2.25. The van der Waals surface area contributed by atoms with Crippen molar-refractivity contribution in [1.82, 2.24) is 0 Å². The van der Waals surface area contributed by atoms with Crippen LogP contribution in [0.4, 0.5) is 5.69 Å². The van der Waals surface area contributed by atoms with Gasteiger partial charge in [-0.2, -0.15) is 12.6 Å². The van der Waals surface area contributed by atoms with E-state index in [4.69, 9.17) is 0 Å². The van der Waals surface area contributed by atoms with Gasteiger partial charge in [0.2, 0.25) is 5.91 Å². The summed E-state index contributed by atoms with van der Waals surface area (Å²) >= 11 is 4.41. The fraction of sp³-hybridized carbons (Fsp3) is 0.278. The minimum Gasteiger partial charge on any atom is -0.325 e. The highest BCUT2D eigenvalue weighted by Crippen LogP contribution is 2.14. The molecule has 0 aliphatic rings. The van der Waals surface area contributed by atoms with Crippen LogP contribution in [0.15, 0.2) is 54.6 Å². The smallest absolute Gasteiger partial charge is 0.237 e. The lowest BCUT2D eigenvalue weighted by molar-refractivity contribution is -0.115. The SMILES string of the molecule is CCCc1ccc(NC(=O)C(S)Cc2ccccc2)cc1.